The van der Waals surface area contributed by atoms with Crippen molar-refractivity contribution in [1.29, 1.82) is 0 Å². The van der Waals surface area contributed by atoms with E-state index in [0.29, 0.717) is 48.6 Å². The molecule has 9 heteroatoms. The van der Waals surface area contributed by atoms with Crippen molar-refractivity contribution in [3.05, 3.63) is 83.8 Å². The van der Waals surface area contributed by atoms with Crippen LogP contribution in [-0.4, -0.2) is 62.7 Å². The smallest absolute Gasteiger partial charge is 0.335 e. The number of aromatic nitrogens is 3. The van der Waals surface area contributed by atoms with E-state index in [2.05, 4.69) is 4.98 Å². The van der Waals surface area contributed by atoms with Gasteiger partial charge < -0.3 is 19.3 Å². The molecule has 0 atom stereocenters. The Hall–Kier alpha value is -4.63. The van der Waals surface area contributed by atoms with Gasteiger partial charge in [-0.1, -0.05) is 43.5 Å². The van der Waals surface area contributed by atoms with Gasteiger partial charge in [0.2, 0.25) is 5.91 Å². The van der Waals surface area contributed by atoms with E-state index in [9.17, 15) is 19.1 Å². The first-order chi connectivity index (χ1) is 21.5. The Bertz CT molecular complexity index is 1890. The Kier molecular flexibility index (Phi) is 7.56. The molecule has 3 heterocycles. The van der Waals surface area contributed by atoms with Crippen molar-refractivity contribution >= 4 is 33.8 Å². The first-order valence-electron chi connectivity index (χ1n) is 15.2. The second-order valence-corrected chi connectivity index (χ2v) is 11.7. The lowest BCUT2D eigenvalue weighted by atomic mass is 9.81. The first kappa shape index (κ1) is 28.2. The lowest BCUT2D eigenvalue weighted by Crippen LogP contribution is -2.42. The fourth-order valence-electron chi connectivity index (χ4n) is 6.79. The Balaban J connectivity index is 1.44. The number of carbonyl (C=O) groups excluding carboxylic acids is 1. The summed E-state index contributed by atoms with van der Waals surface area (Å²) in [6.07, 6.45) is 7.05. The molecule has 2 aliphatic rings. The molecule has 0 radical (unpaired) electrons. The fourth-order valence-corrected chi connectivity index (χ4v) is 6.79. The number of carboxylic acids is 1. The quantitative estimate of drug-likeness (QED) is 0.237. The van der Waals surface area contributed by atoms with Crippen LogP contribution in [0.25, 0.3) is 44.5 Å². The molecule has 5 aromatic rings. The van der Waals surface area contributed by atoms with Crippen molar-refractivity contribution in [2.45, 2.75) is 44.6 Å². The number of halogens is 1. The summed E-state index contributed by atoms with van der Waals surface area (Å²) in [4.78, 5) is 37.0. The highest BCUT2D eigenvalue weighted by molar-refractivity contribution is 5.99. The van der Waals surface area contributed by atoms with E-state index in [1.165, 1.54) is 12.5 Å². The zero-order chi connectivity index (χ0) is 30.2. The van der Waals surface area contributed by atoms with E-state index in [4.69, 9.17) is 9.72 Å². The molecule has 7 rings (SSSR count). The SMILES string of the molecule is O=C(O)c1ccc2c(C3CCCCC3)c(-c3ccc4ncc(-c5ccccc5F)nc4c3)n(CC(=O)N3CCOCC3)c2c1. The van der Waals surface area contributed by atoms with Gasteiger partial charge in [0.15, 0.2) is 0 Å². The number of nitrogens with zero attached hydrogens (tertiary/aromatic N) is 4. The number of amides is 1. The van der Waals surface area contributed by atoms with E-state index >= 15 is 0 Å². The summed E-state index contributed by atoms with van der Waals surface area (Å²) >= 11 is 0. The molecule has 0 unspecified atom stereocenters. The molecule has 2 fully saturated rings. The maximum Gasteiger partial charge on any atom is 0.335 e. The Morgan fingerprint density at radius 3 is 2.52 bits per heavy atom. The lowest BCUT2D eigenvalue weighted by molar-refractivity contribution is -0.135. The van der Waals surface area contributed by atoms with Crippen LogP contribution in [-0.2, 0) is 16.1 Å². The monoisotopic (exact) mass is 592 g/mol. The van der Waals surface area contributed by atoms with Crippen LogP contribution in [0, 0.1) is 5.82 Å². The summed E-state index contributed by atoms with van der Waals surface area (Å²) in [6.45, 7) is 2.10. The molecule has 1 aliphatic carbocycles. The minimum atomic E-state index is -1.01. The third-order valence-corrected chi connectivity index (χ3v) is 8.99. The summed E-state index contributed by atoms with van der Waals surface area (Å²) in [5, 5.41) is 10.9. The molecule has 224 valence electrons. The molecule has 3 aromatic carbocycles. The van der Waals surface area contributed by atoms with Gasteiger partial charge in [-0.15, -0.1) is 0 Å². The van der Waals surface area contributed by atoms with Crippen molar-refractivity contribution in [1.82, 2.24) is 19.4 Å². The predicted molar refractivity (Wildman–Crippen MR) is 166 cm³/mol. The number of aromatic carboxylic acids is 1. The molecule has 1 aliphatic heterocycles. The predicted octanol–water partition coefficient (Wildman–Crippen LogP) is 6.66. The summed E-state index contributed by atoms with van der Waals surface area (Å²) < 4.78 is 22.1. The van der Waals surface area contributed by atoms with Crippen molar-refractivity contribution in [3.8, 4) is 22.5 Å². The molecule has 1 saturated heterocycles. The van der Waals surface area contributed by atoms with Crippen LogP contribution in [0.3, 0.4) is 0 Å². The van der Waals surface area contributed by atoms with Crippen molar-refractivity contribution in [2.75, 3.05) is 26.3 Å². The molecular weight excluding hydrogens is 559 g/mol. The van der Waals surface area contributed by atoms with Gasteiger partial charge in [-0.25, -0.2) is 14.2 Å². The second kappa shape index (κ2) is 11.8. The molecule has 0 spiro atoms. The Morgan fingerprint density at radius 2 is 1.75 bits per heavy atom. The number of hydrogen-bond donors (Lipinski definition) is 1. The van der Waals surface area contributed by atoms with Gasteiger partial charge in [-0.3, -0.25) is 9.78 Å². The number of carbonyl (C=O) groups is 2. The fraction of sp³-hybridized carbons (Fsp3) is 0.314. The number of ether oxygens (including phenoxy) is 1. The third kappa shape index (κ3) is 5.21. The van der Waals surface area contributed by atoms with E-state index in [0.717, 1.165) is 53.4 Å². The van der Waals surface area contributed by atoms with Gasteiger partial charge in [-0.2, -0.15) is 0 Å². The molecule has 44 heavy (non-hydrogen) atoms. The average molecular weight is 593 g/mol. The Morgan fingerprint density at radius 1 is 0.955 bits per heavy atom. The second-order valence-electron chi connectivity index (χ2n) is 11.7. The van der Waals surface area contributed by atoms with E-state index in [1.807, 2.05) is 33.7 Å². The number of benzene rings is 3. The molecule has 1 saturated carbocycles. The molecule has 8 nitrogen and oxygen atoms in total. The number of rotatable bonds is 6. The third-order valence-electron chi connectivity index (χ3n) is 8.99. The molecule has 0 bridgehead atoms. The maximum atomic E-state index is 14.7. The number of morpholine rings is 1. The number of fused-ring (bicyclic) bond motifs is 2. The van der Waals surface area contributed by atoms with Gasteiger partial charge in [0.1, 0.15) is 12.4 Å². The normalized spacial score (nSPS) is 16.1. The standard InChI is InChI=1S/C35H33FN4O4/c36-27-9-5-4-8-25(27)30-20-37-28-13-11-23(18-29(28)38-30)34-33(22-6-2-1-3-7-22)26-12-10-24(35(42)43)19-31(26)40(34)21-32(41)39-14-16-44-17-15-39/h4-5,8-13,18-20,22H,1-3,6-7,14-17,21H2,(H,42,43). The van der Waals surface area contributed by atoms with Gasteiger partial charge >= 0.3 is 5.97 Å². The van der Waals surface area contributed by atoms with Crippen LogP contribution in [0.4, 0.5) is 4.39 Å². The summed E-state index contributed by atoms with van der Waals surface area (Å²) in [5.41, 5.74) is 5.91. The minimum Gasteiger partial charge on any atom is -0.478 e. The van der Waals surface area contributed by atoms with Gasteiger partial charge in [0, 0.05) is 29.6 Å². The van der Waals surface area contributed by atoms with Gasteiger partial charge in [0.05, 0.1) is 52.9 Å². The minimum absolute atomic E-state index is 0.0372. The maximum absolute atomic E-state index is 14.7. The number of hydrogen-bond acceptors (Lipinski definition) is 5. The molecule has 1 amide bonds. The van der Waals surface area contributed by atoms with Crippen LogP contribution < -0.4 is 0 Å². The van der Waals surface area contributed by atoms with E-state index in [1.54, 1.807) is 36.5 Å². The van der Waals surface area contributed by atoms with Crippen LogP contribution in [0.5, 0.6) is 0 Å². The van der Waals surface area contributed by atoms with Crippen LogP contribution >= 0.6 is 0 Å². The van der Waals surface area contributed by atoms with Gasteiger partial charge in [-0.05, 0) is 60.7 Å². The van der Waals surface area contributed by atoms with Crippen LogP contribution in [0.15, 0.2) is 66.9 Å². The number of carboxylic acid groups (broad SMARTS) is 1. The molecular formula is C35H33FN4O4. The van der Waals surface area contributed by atoms with E-state index < -0.39 is 5.97 Å². The summed E-state index contributed by atoms with van der Waals surface area (Å²) in [5.74, 6) is -1.15. The van der Waals surface area contributed by atoms with Crippen LogP contribution in [0.2, 0.25) is 0 Å². The zero-order valence-corrected chi connectivity index (χ0v) is 24.3. The highest BCUT2D eigenvalue weighted by atomic mass is 19.1. The highest BCUT2D eigenvalue weighted by Crippen LogP contribution is 2.45. The average Bonchev–Trinajstić information content (AvgIpc) is 3.38. The van der Waals surface area contributed by atoms with E-state index in [-0.39, 0.29) is 29.8 Å². The zero-order valence-electron chi connectivity index (χ0n) is 24.3. The lowest BCUT2D eigenvalue weighted by Gasteiger charge is -2.28. The van der Waals surface area contributed by atoms with Gasteiger partial charge in [0.25, 0.3) is 0 Å². The largest absolute Gasteiger partial charge is 0.478 e. The molecule has 2 aromatic heterocycles. The first-order valence-corrected chi connectivity index (χ1v) is 15.2. The van der Waals surface area contributed by atoms with Crippen LogP contribution in [0.1, 0.15) is 53.9 Å². The topological polar surface area (TPSA) is 97.5 Å². The summed E-state index contributed by atoms with van der Waals surface area (Å²) in [7, 11) is 0. The summed E-state index contributed by atoms with van der Waals surface area (Å²) in [6, 6.07) is 17.6. The Labute approximate surface area is 254 Å². The van der Waals surface area contributed by atoms with Crippen molar-refractivity contribution in [2.24, 2.45) is 0 Å². The highest BCUT2D eigenvalue weighted by Gasteiger charge is 2.29. The van der Waals surface area contributed by atoms with Crippen molar-refractivity contribution < 1.29 is 23.8 Å². The van der Waals surface area contributed by atoms with Crippen molar-refractivity contribution in [3.63, 3.8) is 0 Å². The molecule has 1 N–H and O–H groups in total.